The maximum Gasteiger partial charge on any atom is 0.243 e. The zero-order valence-electron chi connectivity index (χ0n) is 14.7. The fraction of sp³-hybridized carbons (Fsp3) is 0.588. The molecule has 1 aliphatic carbocycles. The number of likely N-dealkylation sites (tertiary alicyclic amines) is 1. The van der Waals surface area contributed by atoms with E-state index in [0.29, 0.717) is 11.9 Å². The highest BCUT2D eigenvalue weighted by Crippen LogP contribution is 2.21. The summed E-state index contributed by atoms with van der Waals surface area (Å²) in [7, 11) is 3.50. The molecule has 1 amide bonds. The Balaban J connectivity index is 0.00000225. The van der Waals surface area contributed by atoms with Gasteiger partial charge in [0.15, 0.2) is 5.96 Å². The van der Waals surface area contributed by atoms with Crippen LogP contribution in [0.1, 0.15) is 19.3 Å². The van der Waals surface area contributed by atoms with E-state index in [4.69, 9.17) is 4.74 Å². The molecule has 2 heterocycles. The number of aliphatic imine (C=N–C) groups is 1. The lowest BCUT2D eigenvalue weighted by Gasteiger charge is -2.22. The molecule has 1 aromatic heterocycles. The van der Waals surface area contributed by atoms with Crippen molar-refractivity contribution >= 4 is 35.8 Å². The third kappa shape index (κ3) is 6.02. The molecule has 1 saturated carbocycles. The Morgan fingerprint density at radius 3 is 2.84 bits per heavy atom. The lowest BCUT2D eigenvalue weighted by Crippen LogP contribution is -2.42. The van der Waals surface area contributed by atoms with E-state index >= 15 is 0 Å². The monoisotopic (exact) mass is 459 g/mol. The van der Waals surface area contributed by atoms with Crippen LogP contribution in [0.25, 0.3) is 0 Å². The quantitative estimate of drug-likeness (QED) is 0.409. The van der Waals surface area contributed by atoms with Crippen LogP contribution in [0.2, 0.25) is 0 Å². The van der Waals surface area contributed by atoms with Gasteiger partial charge in [0.2, 0.25) is 11.8 Å². The topological polar surface area (TPSA) is 70.1 Å². The smallest absolute Gasteiger partial charge is 0.243 e. The SMILES string of the molecule is CN(C)C(=O)CN=C(NC1CC1)N1CCC(Oc2ccccn2)C1.I. The molecule has 2 fully saturated rings. The lowest BCUT2D eigenvalue weighted by atomic mass is 10.3. The molecule has 2 aliphatic rings. The van der Waals surface area contributed by atoms with Gasteiger partial charge in [0.25, 0.3) is 0 Å². The van der Waals surface area contributed by atoms with Crippen LogP contribution in [-0.2, 0) is 4.79 Å². The van der Waals surface area contributed by atoms with Gasteiger partial charge >= 0.3 is 0 Å². The number of likely N-dealkylation sites (N-methyl/N-ethyl adjacent to an activating group) is 1. The number of nitrogens with one attached hydrogen (secondary N) is 1. The molecule has 0 spiro atoms. The van der Waals surface area contributed by atoms with Crippen LogP contribution in [-0.4, -0.2) is 72.5 Å². The van der Waals surface area contributed by atoms with Gasteiger partial charge in [0.05, 0.1) is 6.54 Å². The molecular weight excluding hydrogens is 433 g/mol. The highest BCUT2D eigenvalue weighted by Gasteiger charge is 2.30. The number of rotatable bonds is 5. The molecule has 1 saturated heterocycles. The molecule has 1 unspecified atom stereocenters. The molecule has 0 bridgehead atoms. The number of nitrogens with zero attached hydrogens (tertiary/aromatic N) is 4. The Bertz CT molecular complexity index is 592. The summed E-state index contributed by atoms with van der Waals surface area (Å²) in [6.07, 6.45) is 5.08. The Kier molecular flexibility index (Phi) is 7.27. The van der Waals surface area contributed by atoms with Crippen molar-refractivity contribution in [1.82, 2.24) is 20.1 Å². The van der Waals surface area contributed by atoms with E-state index in [9.17, 15) is 4.79 Å². The number of aromatic nitrogens is 1. The summed E-state index contributed by atoms with van der Waals surface area (Å²) in [4.78, 5) is 24.3. The van der Waals surface area contributed by atoms with E-state index < -0.39 is 0 Å². The first-order chi connectivity index (χ1) is 11.6. The average Bonchev–Trinajstić information content (AvgIpc) is 3.29. The Morgan fingerprint density at radius 1 is 1.40 bits per heavy atom. The summed E-state index contributed by atoms with van der Waals surface area (Å²) in [5, 5.41) is 3.45. The number of halogens is 1. The predicted molar refractivity (Wildman–Crippen MR) is 107 cm³/mol. The molecule has 7 nitrogen and oxygen atoms in total. The molecule has 1 aliphatic heterocycles. The predicted octanol–water partition coefficient (Wildman–Crippen LogP) is 1.35. The maximum atomic E-state index is 11.8. The van der Waals surface area contributed by atoms with Crippen molar-refractivity contribution in [3.05, 3.63) is 24.4 Å². The van der Waals surface area contributed by atoms with Crippen LogP contribution in [0.4, 0.5) is 0 Å². The van der Waals surface area contributed by atoms with Crippen LogP contribution in [0.15, 0.2) is 29.4 Å². The number of ether oxygens (including phenoxy) is 1. The second-order valence-electron chi connectivity index (χ2n) is 6.49. The number of amides is 1. The Hall–Kier alpha value is -1.58. The van der Waals surface area contributed by atoms with Crippen molar-refractivity contribution in [2.75, 3.05) is 33.7 Å². The van der Waals surface area contributed by atoms with E-state index in [1.807, 2.05) is 18.2 Å². The lowest BCUT2D eigenvalue weighted by molar-refractivity contribution is -0.127. The number of hydrogen-bond acceptors (Lipinski definition) is 4. The number of carbonyl (C=O) groups is 1. The summed E-state index contributed by atoms with van der Waals surface area (Å²) >= 11 is 0. The number of guanidine groups is 1. The molecule has 0 aromatic carbocycles. The first-order valence-electron chi connectivity index (χ1n) is 8.45. The molecule has 138 valence electrons. The minimum absolute atomic E-state index is 0. The van der Waals surface area contributed by atoms with E-state index in [2.05, 4.69) is 20.2 Å². The maximum absolute atomic E-state index is 11.8. The first-order valence-corrected chi connectivity index (χ1v) is 8.45. The summed E-state index contributed by atoms with van der Waals surface area (Å²) < 4.78 is 5.93. The zero-order chi connectivity index (χ0) is 16.9. The van der Waals surface area contributed by atoms with Gasteiger partial charge in [-0.05, 0) is 18.9 Å². The van der Waals surface area contributed by atoms with Crippen molar-refractivity contribution in [2.45, 2.75) is 31.4 Å². The van der Waals surface area contributed by atoms with Crippen LogP contribution < -0.4 is 10.1 Å². The van der Waals surface area contributed by atoms with Crippen molar-refractivity contribution in [3.8, 4) is 5.88 Å². The fourth-order valence-corrected chi connectivity index (χ4v) is 2.54. The van der Waals surface area contributed by atoms with Crippen molar-refractivity contribution in [1.29, 1.82) is 0 Å². The number of pyridine rings is 1. The first kappa shape index (κ1) is 19.7. The van der Waals surface area contributed by atoms with Gasteiger partial charge in [-0.2, -0.15) is 0 Å². The van der Waals surface area contributed by atoms with Gasteiger partial charge in [0, 0.05) is 45.4 Å². The summed E-state index contributed by atoms with van der Waals surface area (Å²) in [6.45, 7) is 1.79. The standard InChI is InChI=1S/C17H25N5O2.HI/c1-21(2)16(23)11-19-17(20-13-6-7-13)22-10-8-14(12-22)24-15-5-3-4-9-18-15;/h3-5,9,13-14H,6-8,10-12H2,1-2H3,(H,19,20);1H. The van der Waals surface area contributed by atoms with Crippen LogP contribution in [0.5, 0.6) is 5.88 Å². The fourth-order valence-electron chi connectivity index (χ4n) is 2.54. The Morgan fingerprint density at radius 2 is 2.20 bits per heavy atom. The zero-order valence-corrected chi connectivity index (χ0v) is 17.1. The minimum atomic E-state index is 0. The molecule has 1 N–H and O–H groups in total. The normalized spacial score (nSPS) is 20.0. The van der Waals surface area contributed by atoms with Crippen molar-refractivity contribution in [2.24, 2.45) is 4.99 Å². The minimum Gasteiger partial charge on any atom is -0.472 e. The van der Waals surface area contributed by atoms with Crippen LogP contribution in [0, 0.1) is 0 Å². The average molecular weight is 459 g/mol. The van der Waals surface area contributed by atoms with Gasteiger partial charge in [0.1, 0.15) is 12.6 Å². The summed E-state index contributed by atoms with van der Waals surface area (Å²) in [5.41, 5.74) is 0. The Labute approximate surface area is 165 Å². The van der Waals surface area contributed by atoms with Crippen LogP contribution in [0.3, 0.4) is 0 Å². The van der Waals surface area contributed by atoms with Gasteiger partial charge in [-0.15, -0.1) is 24.0 Å². The molecule has 0 radical (unpaired) electrons. The molecule has 8 heteroatoms. The largest absolute Gasteiger partial charge is 0.472 e. The van der Waals surface area contributed by atoms with E-state index in [0.717, 1.165) is 25.5 Å². The van der Waals surface area contributed by atoms with E-state index in [1.165, 1.54) is 12.8 Å². The number of hydrogen-bond donors (Lipinski definition) is 1. The van der Waals surface area contributed by atoms with Gasteiger partial charge < -0.3 is 19.9 Å². The van der Waals surface area contributed by atoms with Gasteiger partial charge in [-0.3, -0.25) is 4.79 Å². The van der Waals surface area contributed by atoms with E-state index in [1.54, 1.807) is 25.2 Å². The summed E-state index contributed by atoms with van der Waals surface area (Å²) in [5.74, 6) is 1.48. The molecule has 25 heavy (non-hydrogen) atoms. The third-order valence-electron chi connectivity index (χ3n) is 4.14. The third-order valence-corrected chi connectivity index (χ3v) is 4.14. The van der Waals surface area contributed by atoms with Crippen LogP contribution >= 0.6 is 24.0 Å². The highest BCUT2D eigenvalue weighted by molar-refractivity contribution is 14.0. The van der Waals surface area contributed by atoms with Gasteiger partial charge in [-0.1, -0.05) is 6.07 Å². The second-order valence-corrected chi connectivity index (χ2v) is 6.49. The van der Waals surface area contributed by atoms with Crippen molar-refractivity contribution in [3.63, 3.8) is 0 Å². The summed E-state index contributed by atoms with van der Waals surface area (Å²) in [6, 6.07) is 6.16. The molecular formula is C17H26IN5O2. The highest BCUT2D eigenvalue weighted by atomic mass is 127. The van der Waals surface area contributed by atoms with Crippen molar-refractivity contribution < 1.29 is 9.53 Å². The van der Waals surface area contributed by atoms with Gasteiger partial charge in [-0.25, -0.2) is 9.98 Å². The molecule has 1 aromatic rings. The number of carbonyl (C=O) groups excluding carboxylic acids is 1. The van der Waals surface area contributed by atoms with E-state index in [-0.39, 0.29) is 42.5 Å². The second kappa shape index (κ2) is 9.21. The molecule has 1 atom stereocenters. The molecule has 3 rings (SSSR count).